The van der Waals surface area contributed by atoms with Gasteiger partial charge in [-0.1, -0.05) is 18.2 Å². The van der Waals surface area contributed by atoms with Crippen LogP contribution in [-0.2, 0) is 0 Å². The van der Waals surface area contributed by atoms with Crippen LogP contribution in [0.25, 0.3) is 0 Å². The largest absolute Gasteiger partial charge is 0.454 e. The molecule has 1 saturated heterocycles. The highest BCUT2D eigenvalue weighted by Crippen LogP contribution is 2.32. The average molecular weight is 338 g/mol. The number of hydrogen-bond donors (Lipinski definition) is 0. The molecule has 0 aromatic heterocycles. The average Bonchev–Trinajstić information content (AvgIpc) is 3.10. The number of piperazine rings is 1. The zero-order chi connectivity index (χ0) is 17.2. The first-order valence-electron chi connectivity index (χ1n) is 8.66. The minimum Gasteiger partial charge on any atom is -0.454 e. The second-order valence-electron chi connectivity index (χ2n) is 6.54. The molecule has 130 valence electrons. The van der Waals surface area contributed by atoms with E-state index >= 15 is 0 Å². The van der Waals surface area contributed by atoms with Crippen LogP contribution in [0.15, 0.2) is 42.5 Å². The van der Waals surface area contributed by atoms with Crippen LogP contribution in [0, 0.1) is 6.92 Å². The van der Waals surface area contributed by atoms with Crippen molar-refractivity contribution in [3.63, 3.8) is 0 Å². The number of nitrogens with zero attached hydrogens (tertiary/aromatic N) is 2. The molecule has 0 aliphatic carbocycles. The van der Waals surface area contributed by atoms with Crippen molar-refractivity contribution in [3.8, 4) is 11.5 Å². The zero-order valence-electron chi connectivity index (χ0n) is 14.4. The van der Waals surface area contributed by atoms with Gasteiger partial charge in [0.2, 0.25) is 6.79 Å². The topological polar surface area (TPSA) is 42.0 Å². The Morgan fingerprint density at radius 2 is 1.76 bits per heavy atom. The van der Waals surface area contributed by atoms with Gasteiger partial charge in [-0.3, -0.25) is 9.69 Å². The lowest BCUT2D eigenvalue weighted by atomic mass is 10.1. The van der Waals surface area contributed by atoms with Gasteiger partial charge in [-0.25, -0.2) is 0 Å². The lowest BCUT2D eigenvalue weighted by molar-refractivity contribution is 0.0926. The van der Waals surface area contributed by atoms with Crippen molar-refractivity contribution >= 4 is 11.5 Å². The van der Waals surface area contributed by atoms with Crippen LogP contribution in [0.3, 0.4) is 0 Å². The van der Waals surface area contributed by atoms with E-state index in [4.69, 9.17) is 9.47 Å². The van der Waals surface area contributed by atoms with Gasteiger partial charge in [-0.15, -0.1) is 0 Å². The maximum Gasteiger partial charge on any atom is 0.231 e. The summed E-state index contributed by atoms with van der Waals surface area (Å²) in [5.74, 6) is 1.50. The van der Waals surface area contributed by atoms with Crippen LogP contribution in [-0.4, -0.2) is 50.2 Å². The third-order valence-electron chi connectivity index (χ3n) is 4.89. The lowest BCUT2D eigenvalue weighted by Gasteiger charge is -2.36. The fourth-order valence-corrected chi connectivity index (χ4v) is 3.43. The molecular formula is C20H22N2O3. The number of carbonyl (C=O) groups is 1. The quantitative estimate of drug-likeness (QED) is 0.802. The predicted molar refractivity (Wildman–Crippen MR) is 96.7 cm³/mol. The van der Waals surface area contributed by atoms with Gasteiger partial charge in [-0.2, -0.15) is 0 Å². The molecule has 4 rings (SSSR count). The summed E-state index contributed by atoms with van der Waals surface area (Å²) in [5, 5.41) is 0. The fourth-order valence-electron chi connectivity index (χ4n) is 3.43. The van der Waals surface area contributed by atoms with E-state index in [1.165, 1.54) is 11.3 Å². The molecule has 2 aliphatic heterocycles. The number of para-hydroxylation sites is 1. The molecule has 0 radical (unpaired) electrons. The van der Waals surface area contributed by atoms with Crippen molar-refractivity contribution in [3.05, 3.63) is 53.6 Å². The first-order chi connectivity index (χ1) is 12.2. The Morgan fingerprint density at radius 3 is 2.56 bits per heavy atom. The van der Waals surface area contributed by atoms with Gasteiger partial charge in [0.25, 0.3) is 0 Å². The molecule has 0 bridgehead atoms. The molecule has 25 heavy (non-hydrogen) atoms. The minimum absolute atomic E-state index is 0.127. The summed E-state index contributed by atoms with van der Waals surface area (Å²) in [6.45, 7) is 6.49. The van der Waals surface area contributed by atoms with E-state index in [0.717, 1.165) is 26.2 Å². The molecule has 2 aromatic rings. The molecule has 5 heteroatoms. The van der Waals surface area contributed by atoms with Crippen molar-refractivity contribution < 1.29 is 14.3 Å². The molecule has 2 heterocycles. The molecule has 0 N–H and O–H groups in total. The molecule has 0 unspecified atom stereocenters. The summed E-state index contributed by atoms with van der Waals surface area (Å²) in [7, 11) is 0. The molecule has 0 saturated carbocycles. The summed E-state index contributed by atoms with van der Waals surface area (Å²) in [6, 6.07) is 13.9. The van der Waals surface area contributed by atoms with E-state index in [2.05, 4.69) is 41.0 Å². The van der Waals surface area contributed by atoms with Crippen LogP contribution in [0.1, 0.15) is 15.9 Å². The van der Waals surface area contributed by atoms with Gasteiger partial charge in [-0.05, 0) is 36.8 Å². The molecular weight excluding hydrogens is 316 g/mol. The highest BCUT2D eigenvalue weighted by Gasteiger charge is 2.22. The van der Waals surface area contributed by atoms with Crippen molar-refractivity contribution in [1.82, 2.24) is 4.90 Å². The van der Waals surface area contributed by atoms with Crippen LogP contribution >= 0.6 is 0 Å². The number of aryl methyl sites for hydroxylation is 1. The van der Waals surface area contributed by atoms with E-state index in [0.29, 0.717) is 23.6 Å². The smallest absolute Gasteiger partial charge is 0.231 e. The van der Waals surface area contributed by atoms with E-state index in [-0.39, 0.29) is 12.6 Å². The number of anilines is 1. The SMILES string of the molecule is Cc1ccccc1N1CCN(CC(=O)c2ccc3c(c2)OCO3)CC1. The molecule has 2 aliphatic rings. The van der Waals surface area contributed by atoms with Crippen molar-refractivity contribution in [2.24, 2.45) is 0 Å². The number of ketones is 1. The normalized spacial score (nSPS) is 16.9. The van der Waals surface area contributed by atoms with Crippen LogP contribution in [0.2, 0.25) is 0 Å². The van der Waals surface area contributed by atoms with Crippen LogP contribution in [0.5, 0.6) is 11.5 Å². The Hall–Kier alpha value is -2.53. The highest BCUT2D eigenvalue weighted by molar-refractivity contribution is 5.98. The van der Waals surface area contributed by atoms with E-state index in [9.17, 15) is 4.79 Å². The lowest BCUT2D eigenvalue weighted by Crippen LogP contribution is -2.48. The summed E-state index contributed by atoms with van der Waals surface area (Å²) < 4.78 is 10.7. The first kappa shape index (κ1) is 16.0. The van der Waals surface area contributed by atoms with Crippen molar-refractivity contribution in [2.45, 2.75) is 6.92 Å². The standard InChI is InChI=1S/C20H22N2O3/c1-15-4-2-3-5-17(15)22-10-8-21(9-11-22)13-18(23)16-6-7-19-20(12-16)25-14-24-19/h2-7,12H,8-11,13-14H2,1H3. The molecule has 0 amide bonds. The predicted octanol–water partition coefficient (Wildman–Crippen LogP) is 2.73. The number of fused-ring (bicyclic) bond motifs is 1. The van der Waals surface area contributed by atoms with Gasteiger partial charge < -0.3 is 14.4 Å². The number of ether oxygens (including phenoxy) is 2. The molecule has 2 aromatic carbocycles. The summed E-state index contributed by atoms with van der Waals surface area (Å²) in [6.07, 6.45) is 0. The Morgan fingerprint density at radius 1 is 1.00 bits per heavy atom. The van der Waals surface area contributed by atoms with Gasteiger partial charge >= 0.3 is 0 Å². The zero-order valence-corrected chi connectivity index (χ0v) is 14.4. The van der Waals surface area contributed by atoms with Gasteiger partial charge in [0, 0.05) is 37.4 Å². The number of carbonyl (C=O) groups excluding carboxylic acids is 1. The van der Waals surface area contributed by atoms with Crippen LogP contribution < -0.4 is 14.4 Å². The third-order valence-corrected chi connectivity index (χ3v) is 4.89. The maximum atomic E-state index is 12.6. The highest BCUT2D eigenvalue weighted by atomic mass is 16.7. The van der Waals surface area contributed by atoms with Crippen LogP contribution in [0.4, 0.5) is 5.69 Å². The number of benzene rings is 2. The summed E-state index contributed by atoms with van der Waals surface area (Å²) in [4.78, 5) is 17.2. The molecule has 1 fully saturated rings. The van der Waals surface area contributed by atoms with Gasteiger partial charge in [0.05, 0.1) is 6.54 Å². The first-order valence-corrected chi connectivity index (χ1v) is 8.66. The van der Waals surface area contributed by atoms with E-state index in [1.807, 2.05) is 12.1 Å². The third kappa shape index (κ3) is 3.33. The second kappa shape index (κ2) is 6.76. The fraction of sp³-hybridized carbons (Fsp3) is 0.350. The number of rotatable bonds is 4. The Balaban J connectivity index is 1.35. The monoisotopic (exact) mass is 338 g/mol. The Labute approximate surface area is 147 Å². The van der Waals surface area contributed by atoms with Gasteiger partial charge in [0.15, 0.2) is 17.3 Å². The maximum absolute atomic E-state index is 12.6. The molecule has 0 atom stereocenters. The summed E-state index contributed by atoms with van der Waals surface area (Å²) in [5.41, 5.74) is 3.28. The Bertz CT molecular complexity index is 782. The van der Waals surface area contributed by atoms with E-state index < -0.39 is 0 Å². The van der Waals surface area contributed by atoms with Crippen molar-refractivity contribution in [2.75, 3.05) is 44.4 Å². The molecule has 5 nitrogen and oxygen atoms in total. The number of hydrogen-bond acceptors (Lipinski definition) is 5. The van der Waals surface area contributed by atoms with E-state index in [1.54, 1.807) is 6.07 Å². The number of Topliss-reactive ketones (excluding diaryl/α,β-unsaturated/α-hetero) is 1. The second-order valence-corrected chi connectivity index (χ2v) is 6.54. The van der Waals surface area contributed by atoms with Crippen molar-refractivity contribution in [1.29, 1.82) is 0 Å². The minimum atomic E-state index is 0.127. The summed E-state index contributed by atoms with van der Waals surface area (Å²) >= 11 is 0. The molecule has 0 spiro atoms. The van der Waals surface area contributed by atoms with Gasteiger partial charge in [0.1, 0.15) is 0 Å². The Kier molecular flexibility index (Phi) is 4.32.